The molecule has 0 aliphatic rings. The number of guanidine groups is 1. The predicted molar refractivity (Wildman–Crippen MR) is 102 cm³/mol. The molecule has 4 nitrogen and oxygen atoms in total. The predicted octanol–water partition coefficient (Wildman–Crippen LogP) is 3.09. The largest absolute Gasteiger partial charge is 0.352 e. The molecule has 0 fully saturated rings. The van der Waals surface area contributed by atoms with E-state index in [9.17, 15) is 4.39 Å². The van der Waals surface area contributed by atoms with Crippen molar-refractivity contribution in [2.45, 2.75) is 19.6 Å². The SMILES string of the molecule is CN=C(NCc1ccccc1CN(C)C)N(C)Cc1ccc(F)cc1. The fraction of sp³-hybridized carbons (Fsp3) is 0.350. The minimum absolute atomic E-state index is 0.216. The lowest BCUT2D eigenvalue weighted by Crippen LogP contribution is -2.38. The van der Waals surface area contributed by atoms with Crippen molar-refractivity contribution in [2.75, 3.05) is 28.2 Å². The zero-order valence-corrected chi connectivity index (χ0v) is 15.5. The number of rotatable bonds is 6. The number of hydrogen-bond acceptors (Lipinski definition) is 2. The molecule has 0 bridgehead atoms. The molecule has 2 aromatic rings. The molecule has 134 valence electrons. The van der Waals surface area contributed by atoms with Crippen LogP contribution in [-0.2, 0) is 19.6 Å². The number of aliphatic imine (C=N–C) groups is 1. The van der Waals surface area contributed by atoms with E-state index in [4.69, 9.17) is 0 Å². The summed E-state index contributed by atoms with van der Waals surface area (Å²) in [6, 6.07) is 15.0. The fourth-order valence-electron chi connectivity index (χ4n) is 2.72. The van der Waals surface area contributed by atoms with Gasteiger partial charge in [0, 0.05) is 33.7 Å². The van der Waals surface area contributed by atoms with Gasteiger partial charge in [-0.3, -0.25) is 4.99 Å². The Morgan fingerprint density at radius 2 is 1.60 bits per heavy atom. The normalized spacial score (nSPS) is 11.7. The summed E-state index contributed by atoms with van der Waals surface area (Å²) in [5.74, 6) is 0.593. The number of hydrogen-bond donors (Lipinski definition) is 1. The Morgan fingerprint density at radius 1 is 0.960 bits per heavy atom. The number of nitrogens with one attached hydrogen (secondary N) is 1. The second kappa shape index (κ2) is 9.18. The maximum absolute atomic E-state index is 13.0. The maximum Gasteiger partial charge on any atom is 0.193 e. The van der Waals surface area contributed by atoms with Gasteiger partial charge in [-0.1, -0.05) is 36.4 Å². The van der Waals surface area contributed by atoms with E-state index in [2.05, 4.69) is 53.6 Å². The molecule has 0 atom stereocenters. The molecule has 0 amide bonds. The Kier molecular flexibility index (Phi) is 6.95. The van der Waals surface area contributed by atoms with Crippen LogP contribution < -0.4 is 5.32 Å². The number of nitrogens with zero attached hydrogens (tertiary/aromatic N) is 3. The summed E-state index contributed by atoms with van der Waals surface area (Å²) in [5, 5.41) is 3.41. The summed E-state index contributed by atoms with van der Waals surface area (Å²) < 4.78 is 13.0. The molecule has 0 aliphatic heterocycles. The Balaban J connectivity index is 1.99. The molecule has 5 heteroatoms. The van der Waals surface area contributed by atoms with Gasteiger partial charge in [-0.15, -0.1) is 0 Å². The van der Waals surface area contributed by atoms with Crippen LogP contribution in [0.4, 0.5) is 4.39 Å². The minimum Gasteiger partial charge on any atom is -0.352 e. The van der Waals surface area contributed by atoms with Crippen molar-refractivity contribution < 1.29 is 4.39 Å². The Labute approximate surface area is 150 Å². The molecular weight excluding hydrogens is 315 g/mol. The first-order valence-corrected chi connectivity index (χ1v) is 8.37. The Bertz CT molecular complexity index is 695. The van der Waals surface area contributed by atoms with Gasteiger partial charge in [0.15, 0.2) is 5.96 Å². The molecule has 0 saturated carbocycles. The van der Waals surface area contributed by atoms with E-state index in [1.54, 1.807) is 19.2 Å². The van der Waals surface area contributed by atoms with Gasteiger partial charge in [0.25, 0.3) is 0 Å². The molecule has 0 unspecified atom stereocenters. The summed E-state index contributed by atoms with van der Waals surface area (Å²) in [6.45, 7) is 2.28. The molecule has 0 saturated heterocycles. The van der Waals surface area contributed by atoms with Crippen LogP contribution in [0, 0.1) is 5.82 Å². The van der Waals surface area contributed by atoms with Gasteiger partial charge in [0.05, 0.1) is 0 Å². The molecular formula is C20H27FN4. The van der Waals surface area contributed by atoms with E-state index < -0.39 is 0 Å². The Hall–Kier alpha value is -2.40. The summed E-state index contributed by atoms with van der Waals surface area (Å²) in [5.41, 5.74) is 3.60. The van der Waals surface area contributed by atoms with Crippen LogP contribution >= 0.6 is 0 Å². The van der Waals surface area contributed by atoms with Crippen molar-refractivity contribution in [2.24, 2.45) is 4.99 Å². The van der Waals surface area contributed by atoms with E-state index in [1.807, 2.05) is 11.9 Å². The third-order valence-corrected chi connectivity index (χ3v) is 3.95. The molecule has 0 spiro atoms. The zero-order valence-electron chi connectivity index (χ0n) is 15.5. The van der Waals surface area contributed by atoms with Crippen LogP contribution in [0.1, 0.15) is 16.7 Å². The van der Waals surface area contributed by atoms with Crippen LogP contribution in [0.5, 0.6) is 0 Å². The summed E-state index contributed by atoms with van der Waals surface area (Å²) >= 11 is 0. The monoisotopic (exact) mass is 342 g/mol. The molecule has 0 heterocycles. The third-order valence-electron chi connectivity index (χ3n) is 3.95. The smallest absolute Gasteiger partial charge is 0.193 e. The van der Waals surface area contributed by atoms with Crippen LogP contribution in [-0.4, -0.2) is 44.0 Å². The molecule has 2 rings (SSSR count). The second-order valence-electron chi connectivity index (χ2n) is 6.39. The highest BCUT2D eigenvalue weighted by atomic mass is 19.1. The van der Waals surface area contributed by atoms with Crippen molar-refractivity contribution in [1.29, 1.82) is 0 Å². The van der Waals surface area contributed by atoms with Crippen molar-refractivity contribution >= 4 is 5.96 Å². The lowest BCUT2D eigenvalue weighted by Gasteiger charge is -2.23. The van der Waals surface area contributed by atoms with E-state index in [-0.39, 0.29) is 5.82 Å². The second-order valence-corrected chi connectivity index (χ2v) is 6.39. The first-order valence-electron chi connectivity index (χ1n) is 8.37. The van der Waals surface area contributed by atoms with Crippen LogP contribution in [0.25, 0.3) is 0 Å². The standard InChI is InChI=1S/C20H27FN4/c1-22-20(25(4)14-16-9-11-19(21)12-10-16)23-13-17-7-5-6-8-18(17)15-24(2)3/h5-12H,13-15H2,1-4H3,(H,22,23). The third kappa shape index (κ3) is 5.87. The van der Waals surface area contributed by atoms with Crippen molar-refractivity contribution in [3.8, 4) is 0 Å². The van der Waals surface area contributed by atoms with Gasteiger partial charge in [-0.2, -0.15) is 0 Å². The highest BCUT2D eigenvalue weighted by molar-refractivity contribution is 5.79. The summed E-state index contributed by atoms with van der Waals surface area (Å²) in [6.07, 6.45) is 0. The van der Waals surface area contributed by atoms with E-state index in [0.717, 1.165) is 18.1 Å². The van der Waals surface area contributed by atoms with Gasteiger partial charge in [0.2, 0.25) is 0 Å². The van der Waals surface area contributed by atoms with Gasteiger partial charge in [-0.05, 0) is 42.9 Å². The lowest BCUT2D eigenvalue weighted by molar-refractivity contribution is 0.400. The molecule has 0 radical (unpaired) electrons. The highest BCUT2D eigenvalue weighted by Crippen LogP contribution is 2.11. The first-order chi connectivity index (χ1) is 12.0. The summed E-state index contributed by atoms with van der Waals surface area (Å²) in [7, 11) is 7.89. The van der Waals surface area contributed by atoms with E-state index >= 15 is 0 Å². The first kappa shape index (κ1) is 18.9. The lowest BCUT2D eigenvalue weighted by atomic mass is 10.1. The van der Waals surface area contributed by atoms with Crippen LogP contribution in [0.15, 0.2) is 53.5 Å². The molecule has 0 aliphatic carbocycles. The minimum atomic E-state index is -0.216. The topological polar surface area (TPSA) is 30.9 Å². The van der Waals surface area contributed by atoms with E-state index in [0.29, 0.717) is 13.1 Å². The Morgan fingerprint density at radius 3 is 2.20 bits per heavy atom. The molecule has 0 aromatic heterocycles. The molecule has 1 N–H and O–H groups in total. The molecule has 25 heavy (non-hydrogen) atoms. The van der Waals surface area contributed by atoms with Crippen LogP contribution in [0.3, 0.4) is 0 Å². The molecule has 2 aromatic carbocycles. The maximum atomic E-state index is 13.0. The quantitative estimate of drug-likeness (QED) is 0.646. The average Bonchev–Trinajstić information content (AvgIpc) is 2.58. The number of halogens is 1. The summed E-state index contributed by atoms with van der Waals surface area (Å²) in [4.78, 5) is 8.54. The van der Waals surface area contributed by atoms with E-state index in [1.165, 1.54) is 23.3 Å². The van der Waals surface area contributed by atoms with Gasteiger partial charge < -0.3 is 15.1 Å². The highest BCUT2D eigenvalue weighted by Gasteiger charge is 2.09. The zero-order chi connectivity index (χ0) is 18.2. The van der Waals surface area contributed by atoms with Gasteiger partial charge >= 0.3 is 0 Å². The van der Waals surface area contributed by atoms with Gasteiger partial charge in [0.1, 0.15) is 5.82 Å². The van der Waals surface area contributed by atoms with Crippen LogP contribution in [0.2, 0.25) is 0 Å². The fourth-order valence-corrected chi connectivity index (χ4v) is 2.72. The van der Waals surface area contributed by atoms with Crippen molar-refractivity contribution in [1.82, 2.24) is 15.1 Å². The van der Waals surface area contributed by atoms with Gasteiger partial charge in [-0.25, -0.2) is 4.39 Å². The van der Waals surface area contributed by atoms with Crippen molar-refractivity contribution in [3.05, 3.63) is 71.0 Å². The van der Waals surface area contributed by atoms with Crippen molar-refractivity contribution in [3.63, 3.8) is 0 Å². The average molecular weight is 342 g/mol. The number of benzene rings is 2.